The Kier molecular flexibility index (Phi) is 4.53. The van der Waals surface area contributed by atoms with Crippen molar-refractivity contribution in [3.05, 3.63) is 39.7 Å². The second-order valence-electron chi connectivity index (χ2n) is 4.32. The number of carbonyl (C=O) groups excluding carboxylic acids is 1. The maximum Gasteiger partial charge on any atom is 0.264 e. The third kappa shape index (κ3) is 3.06. The topological polar surface area (TPSA) is 78.9 Å². The quantitative estimate of drug-likeness (QED) is 0.917. The average molecular weight is 289 g/mol. The first-order valence-corrected chi connectivity index (χ1v) is 7.17. The van der Waals surface area contributed by atoms with Crippen LogP contribution in [-0.2, 0) is 6.42 Å². The highest BCUT2D eigenvalue weighted by atomic mass is 32.1. The molecular weight excluding hydrogens is 274 g/mol. The molecule has 2 heterocycles. The molecule has 0 saturated carbocycles. The van der Waals surface area contributed by atoms with Crippen molar-refractivity contribution in [2.24, 2.45) is 0 Å². The van der Waals surface area contributed by atoms with Crippen molar-refractivity contribution in [3.63, 3.8) is 0 Å². The third-order valence-electron chi connectivity index (χ3n) is 2.74. The zero-order chi connectivity index (χ0) is 14.5. The summed E-state index contributed by atoms with van der Waals surface area (Å²) in [4.78, 5) is 17.1. The molecule has 0 bridgehead atoms. The lowest BCUT2D eigenvalue weighted by molar-refractivity contribution is 0.0945. The molecule has 1 unspecified atom stereocenters. The van der Waals surface area contributed by atoms with Crippen LogP contribution in [0.2, 0.25) is 0 Å². The van der Waals surface area contributed by atoms with E-state index in [2.05, 4.69) is 17.2 Å². The lowest BCUT2D eigenvalue weighted by Crippen LogP contribution is -2.27. The molecule has 0 saturated heterocycles. The molecule has 2 aromatic heterocycles. The molecule has 0 radical (unpaired) electrons. The summed E-state index contributed by atoms with van der Waals surface area (Å²) in [6.45, 7) is 3.87. The van der Waals surface area contributed by atoms with Gasteiger partial charge in [0.2, 0.25) is 0 Å². The Bertz CT molecular complexity index is 625. The van der Waals surface area contributed by atoms with Gasteiger partial charge in [0.1, 0.15) is 10.6 Å². The molecule has 2 aromatic rings. The highest BCUT2D eigenvalue weighted by molar-refractivity contribution is 7.13. The number of rotatable bonds is 5. The maximum atomic E-state index is 12.2. The number of hydrogen-bond acceptors (Lipinski definition) is 5. The molecule has 0 aliphatic carbocycles. The predicted octanol–water partition coefficient (Wildman–Crippen LogP) is 2.99. The van der Waals surface area contributed by atoms with Crippen LogP contribution in [0.25, 0.3) is 0 Å². The number of nitrogens with zero attached hydrogens (tertiary/aromatic N) is 2. The van der Waals surface area contributed by atoms with Gasteiger partial charge >= 0.3 is 0 Å². The summed E-state index contributed by atoms with van der Waals surface area (Å²) < 4.78 is 5.15. The lowest BCUT2D eigenvalue weighted by atomic mass is 10.2. The molecule has 0 aliphatic rings. The van der Waals surface area contributed by atoms with Gasteiger partial charge in [-0.25, -0.2) is 4.98 Å². The molecule has 2 rings (SSSR count). The Morgan fingerprint density at radius 2 is 2.45 bits per heavy atom. The standard InChI is InChI=1S/C14H15N3O2S/c1-3-5-12-16-9(2)13(20-12)14(18)17-10(8-15)11-6-4-7-19-11/h4,6-7,10H,3,5H2,1-2H3,(H,17,18). The maximum absolute atomic E-state index is 12.2. The van der Waals surface area contributed by atoms with E-state index in [9.17, 15) is 4.79 Å². The first kappa shape index (κ1) is 14.3. The predicted molar refractivity (Wildman–Crippen MR) is 75.4 cm³/mol. The number of furan rings is 1. The van der Waals surface area contributed by atoms with Crippen molar-refractivity contribution >= 4 is 17.2 Å². The van der Waals surface area contributed by atoms with Crippen LogP contribution in [0.15, 0.2) is 22.8 Å². The van der Waals surface area contributed by atoms with Gasteiger partial charge in [-0.3, -0.25) is 4.79 Å². The Labute approximate surface area is 121 Å². The summed E-state index contributed by atoms with van der Waals surface area (Å²) in [5.74, 6) is 0.141. The molecule has 0 fully saturated rings. The smallest absolute Gasteiger partial charge is 0.264 e. The fraction of sp³-hybridized carbons (Fsp3) is 0.357. The van der Waals surface area contributed by atoms with Crippen LogP contribution in [0.1, 0.15) is 45.5 Å². The summed E-state index contributed by atoms with van der Waals surface area (Å²) in [6, 6.07) is 4.58. The van der Waals surface area contributed by atoms with E-state index in [1.165, 1.54) is 17.6 Å². The molecule has 6 heteroatoms. The number of thiazole rings is 1. The van der Waals surface area contributed by atoms with Crippen molar-refractivity contribution < 1.29 is 9.21 Å². The largest absolute Gasteiger partial charge is 0.466 e. The normalized spacial score (nSPS) is 11.8. The fourth-order valence-electron chi connectivity index (χ4n) is 1.80. The first-order valence-electron chi connectivity index (χ1n) is 6.36. The van der Waals surface area contributed by atoms with Crippen LogP contribution in [0.4, 0.5) is 0 Å². The summed E-state index contributed by atoms with van der Waals surface area (Å²) in [5.41, 5.74) is 0.701. The van der Waals surface area contributed by atoms with Gasteiger partial charge in [-0.2, -0.15) is 5.26 Å². The van der Waals surface area contributed by atoms with Crippen LogP contribution < -0.4 is 5.32 Å². The average Bonchev–Trinajstić information content (AvgIpc) is 3.06. The Morgan fingerprint density at radius 1 is 1.65 bits per heavy atom. The zero-order valence-corrected chi connectivity index (χ0v) is 12.2. The summed E-state index contributed by atoms with van der Waals surface area (Å²) in [5, 5.41) is 12.7. The number of aromatic nitrogens is 1. The van der Waals surface area contributed by atoms with Gasteiger partial charge in [0.05, 0.1) is 23.0 Å². The van der Waals surface area contributed by atoms with Gasteiger partial charge in [0, 0.05) is 0 Å². The second kappa shape index (κ2) is 6.35. The molecule has 104 valence electrons. The molecule has 1 amide bonds. The van der Waals surface area contributed by atoms with Crippen molar-refractivity contribution in [1.82, 2.24) is 10.3 Å². The van der Waals surface area contributed by atoms with E-state index >= 15 is 0 Å². The molecule has 20 heavy (non-hydrogen) atoms. The van der Waals surface area contributed by atoms with Crippen LogP contribution >= 0.6 is 11.3 Å². The molecule has 1 atom stereocenters. The Morgan fingerprint density at radius 3 is 3.05 bits per heavy atom. The Hall–Kier alpha value is -2.13. The number of amides is 1. The summed E-state index contributed by atoms with van der Waals surface area (Å²) in [7, 11) is 0. The van der Waals surface area contributed by atoms with E-state index in [0.29, 0.717) is 16.3 Å². The molecule has 0 spiro atoms. The van der Waals surface area contributed by atoms with Gasteiger partial charge in [-0.15, -0.1) is 11.3 Å². The van der Waals surface area contributed by atoms with E-state index in [4.69, 9.17) is 9.68 Å². The SMILES string of the molecule is CCCc1nc(C)c(C(=O)NC(C#N)c2ccco2)s1. The van der Waals surface area contributed by atoms with E-state index < -0.39 is 6.04 Å². The van der Waals surface area contributed by atoms with Gasteiger partial charge in [-0.05, 0) is 31.9 Å². The van der Waals surface area contributed by atoms with Gasteiger partial charge < -0.3 is 9.73 Å². The number of hydrogen-bond donors (Lipinski definition) is 1. The van der Waals surface area contributed by atoms with Gasteiger partial charge in [-0.1, -0.05) is 6.92 Å². The van der Waals surface area contributed by atoms with E-state index in [1.54, 1.807) is 19.1 Å². The minimum Gasteiger partial charge on any atom is -0.466 e. The van der Waals surface area contributed by atoms with Crippen LogP contribution in [0.5, 0.6) is 0 Å². The number of nitriles is 1. The molecule has 0 aliphatic heterocycles. The number of carbonyl (C=O) groups is 1. The minimum atomic E-state index is -0.784. The monoisotopic (exact) mass is 289 g/mol. The lowest BCUT2D eigenvalue weighted by Gasteiger charge is -2.08. The minimum absolute atomic E-state index is 0.287. The zero-order valence-electron chi connectivity index (χ0n) is 11.3. The van der Waals surface area contributed by atoms with Crippen LogP contribution in [-0.4, -0.2) is 10.9 Å². The summed E-state index contributed by atoms with van der Waals surface area (Å²) in [6.07, 6.45) is 3.32. The Balaban J connectivity index is 2.13. The second-order valence-corrected chi connectivity index (χ2v) is 5.41. The van der Waals surface area contributed by atoms with E-state index in [1.807, 2.05) is 6.07 Å². The van der Waals surface area contributed by atoms with Crippen molar-refractivity contribution in [3.8, 4) is 6.07 Å². The molecular formula is C14H15N3O2S. The van der Waals surface area contributed by atoms with Gasteiger partial charge in [0.15, 0.2) is 6.04 Å². The summed E-state index contributed by atoms with van der Waals surface area (Å²) >= 11 is 1.38. The molecule has 5 nitrogen and oxygen atoms in total. The first-order chi connectivity index (χ1) is 9.65. The number of aryl methyl sites for hydroxylation is 2. The van der Waals surface area contributed by atoms with Crippen molar-refractivity contribution in [2.75, 3.05) is 0 Å². The highest BCUT2D eigenvalue weighted by Gasteiger charge is 2.21. The van der Waals surface area contributed by atoms with Crippen LogP contribution in [0, 0.1) is 18.3 Å². The van der Waals surface area contributed by atoms with Gasteiger partial charge in [0.25, 0.3) is 5.91 Å². The van der Waals surface area contributed by atoms with Crippen LogP contribution in [0.3, 0.4) is 0 Å². The van der Waals surface area contributed by atoms with Crippen molar-refractivity contribution in [2.45, 2.75) is 32.7 Å². The molecule has 0 aromatic carbocycles. The molecule has 1 N–H and O–H groups in total. The fourth-order valence-corrected chi connectivity index (χ4v) is 2.87. The van der Waals surface area contributed by atoms with Crippen molar-refractivity contribution in [1.29, 1.82) is 5.26 Å². The third-order valence-corrected chi connectivity index (χ3v) is 3.96. The van der Waals surface area contributed by atoms with E-state index in [-0.39, 0.29) is 5.91 Å². The van der Waals surface area contributed by atoms with E-state index in [0.717, 1.165) is 17.8 Å². The number of nitrogens with one attached hydrogen (secondary N) is 1. The highest BCUT2D eigenvalue weighted by Crippen LogP contribution is 2.21.